The number of benzene rings is 5. The third-order valence-electron chi connectivity index (χ3n) is 9.97. The molecule has 0 unspecified atom stereocenters. The highest BCUT2D eigenvalue weighted by molar-refractivity contribution is 7.90. The predicted molar refractivity (Wildman–Crippen MR) is 213 cm³/mol. The second-order valence-corrected chi connectivity index (χ2v) is 20.5. The number of nitrogens with zero attached hydrogens (tertiary/aromatic N) is 2. The van der Waals surface area contributed by atoms with Gasteiger partial charge >= 0.3 is 0 Å². The molecule has 0 saturated carbocycles. The molecule has 1 fully saturated rings. The molecule has 0 bridgehead atoms. The molecule has 1 aliphatic rings. The van der Waals surface area contributed by atoms with Crippen LogP contribution < -0.4 is 10.4 Å². The highest BCUT2D eigenvalue weighted by Crippen LogP contribution is 2.39. The van der Waals surface area contributed by atoms with Crippen LogP contribution in [0.3, 0.4) is 0 Å². The van der Waals surface area contributed by atoms with Crippen LogP contribution in [0, 0.1) is 13.7 Å². The van der Waals surface area contributed by atoms with Gasteiger partial charge in [0.1, 0.15) is 0 Å². The van der Waals surface area contributed by atoms with Crippen molar-refractivity contribution in [1.82, 2.24) is 8.87 Å². The number of ether oxygens (including phenoxy) is 1. The van der Waals surface area contributed by atoms with Gasteiger partial charge in [-0.25, -0.2) is 12.4 Å². The van der Waals surface area contributed by atoms with Crippen molar-refractivity contribution in [2.24, 2.45) is 0 Å². The Bertz CT molecular complexity index is 2310. The molecule has 2 heterocycles. The predicted octanol–water partition coefficient (Wildman–Crippen LogP) is 8.00. The molecule has 1 atom stereocenters. The van der Waals surface area contributed by atoms with E-state index >= 15 is 0 Å². The SMILES string of the molecule is Cc1ccc(S(=O)(=O)n2cc(/C=C/C(=O)N3[CH]OC[C@@H]3c3ccccc3)c3c(CO[Si](c4ccccc4)(c4ccccc4)C(C)(C)C)cccc32)cc1. The molecular formula is C44H43N2O5SSi. The van der Waals surface area contributed by atoms with Gasteiger partial charge in [-0.15, -0.1) is 0 Å². The fourth-order valence-corrected chi connectivity index (χ4v) is 13.2. The number of hydrogen-bond donors (Lipinski definition) is 0. The van der Waals surface area contributed by atoms with Crippen molar-refractivity contribution >= 4 is 51.6 Å². The summed E-state index contributed by atoms with van der Waals surface area (Å²) in [4.78, 5) is 15.5. The molecule has 7 rings (SSSR count). The lowest BCUT2D eigenvalue weighted by atomic mass is 10.1. The Kier molecular flexibility index (Phi) is 10.1. The van der Waals surface area contributed by atoms with Crippen LogP contribution in [0.4, 0.5) is 0 Å². The monoisotopic (exact) mass is 739 g/mol. The van der Waals surface area contributed by atoms with E-state index in [9.17, 15) is 13.2 Å². The number of aryl methyl sites for hydroxylation is 1. The van der Waals surface area contributed by atoms with Crippen LogP contribution in [0.25, 0.3) is 17.0 Å². The van der Waals surface area contributed by atoms with E-state index in [-0.39, 0.29) is 28.5 Å². The highest BCUT2D eigenvalue weighted by atomic mass is 32.2. The zero-order valence-corrected chi connectivity index (χ0v) is 32.2. The quantitative estimate of drug-likeness (QED) is 0.105. The molecule has 1 saturated heterocycles. The second-order valence-electron chi connectivity index (χ2n) is 14.4. The Balaban J connectivity index is 1.34. The van der Waals surface area contributed by atoms with Gasteiger partial charge in [-0.05, 0) is 57.7 Å². The average Bonchev–Trinajstić information content (AvgIpc) is 3.82. The molecule has 1 amide bonds. The van der Waals surface area contributed by atoms with Crippen LogP contribution in [0.1, 0.15) is 49.1 Å². The van der Waals surface area contributed by atoms with Gasteiger partial charge in [-0.1, -0.05) is 142 Å². The van der Waals surface area contributed by atoms with Gasteiger partial charge in [0.2, 0.25) is 5.91 Å². The molecule has 269 valence electrons. The first-order valence-electron chi connectivity index (χ1n) is 17.7. The number of carbonyl (C=O) groups is 1. The van der Waals surface area contributed by atoms with Crippen molar-refractivity contribution in [3.8, 4) is 0 Å². The number of fused-ring (bicyclic) bond motifs is 1. The minimum atomic E-state index is -4.00. The topological polar surface area (TPSA) is 77.8 Å². The highest BCUT2D eigenvalue weighted by Gasteiger charge is 2.50. The van der Waals surface area contributed by atoms with Gasteiger partial charge in [0, 0.05) is 23.2 Å². The minimum absolute atomic E-state index is 0.176. The van der Waals surface area contributed by atoms with Gasteiger partial charge in [0.15, 0.2) is 6.73 Å². The van der Waals surface area contributed by atoms with Crippen LogP contribution in [-0.4, -0.2) is 38.1 Å². The lowest BCUT2D eigenvalue weighted by Gasteiger charge is -2.43. The van der Waals surface area contributed by atoms with Gasteiger partial charge in [0.05, 0.1) is 29.7 Å². The Labute approximate surface area is 313 Å². The third kappa shape index (κ3) is 6.93. The smallest absolute Gasteiger partial charge is 0.268 e. The molecule has 1 aliphatic heterocycles. The van der Waals surface area contributed by atoms with E-state index in [0.29, 0.717) is 23.1 Å². The first kappa shape index (κ1) is 36.3. The summed E-state index contributed by atoms with van der Waals surface area (Å²) in [6.45, 7) is 10.6. The van der Waals surface area contributed by atoms with E-state index in [1.807, 2.05) is 61.5 Å². The Morgan fingerprint density at radius 1 is 0.830 bits per heavy atom. The molecule has 6 aromatic rings. The lowest BCUT2D eigenvalue weighted by Crippen LogP contribution is -2.66. The maximum Gasteiger partial charge on any atom is 0.268 e. The zero-order chi connectivity index (χ0) is 37.2. The number of carbonyl (C=O) groups excluding carboxylic acids is 1. The summed E-state index contributed by atoms with van der Waals surface area (Å²) < 4.78 is 42.8. The number of amides is 1. The summed E-state index contributed by atoms with van der Waals surface area (Å²) >= 11 is 0. The van der Waals surface area contributed by atoms with Crippen molar-refractivity contribution in [2.45, 2.75) is 50.3 Å². The normalized spacial score (nSPS) is 15.4. The standard InChI is InChI=1S/C44H43N2O5SSi/c1-33-23-26-37(27-24-33)52(48,49)46-29-35(25-28-42(47)45-32-50-31-41(45)34-15-8-5-9-16-34)43-36(17-14-22-40(43)46)30-51-53(44(2,3)4,38-18-10-6-11-19-38)39-20-12-7-13-21-39/h5-29,32,41H,30-31H2,1-4H3/b28-25+/t41-/m1/s1. The van der Waals surface area contributed by atoms with E-state index in [0.717, 1.165) is 27.1 Å². The molecule has 0 spiro atoms. The molecule has 7 nitrogen and oxygen atoms in total. The maximum atomic E-state index is 14.3. The fourth-order valence-electron chi connectivity index (χ4n) is 7.33. The Morgan fingerprint density at radius 3 is 2.04 bits per heavy atom. The fraction of sp³-hybridized carbons (Fsp3) is 0.182. The van der Waals surface area contributed by atoms with E-state index < -0.39 is 18.3 Å². The van der Waals surface area contributed by atoms with Crippen LogP contribution in [0.5, 0.6) is 0 Å². The molecule has 1 radical (unpaired) electrons. The summed E-state index contributed by atoms with van der Waals surface area (Å²) in [5.74, 6) is -0.278. The van der Waals surface area contributed by atoms with Gasteiger partial charge in [-0.3, -0.25) is 9.69 Å². The Hall–Kier alpha value is -5.06. The molecule has 9 heteroatoms. The Morgan fingerprint density at radius 2 is 1.43 bits per heavy atom. The van der Waals surface area contributed by atoms with Gasteiger partial charge in [-0.2, -0.15) is 0 Å². The molecule has 1 aromatic heterocycles. The summed E-state index contributed by atoms with van der Waals surface area (Å²) in [6.07, 6.45) is 4.79. The second kappa shape index (κ2) is 14.8. The largest absolute Gasteiger partial charge is 0.403 e. The average molecular weight is 740 g/mol. The number of rotatable bonds is 10. The van der Waals surface area contributed by atoms with Crippen LogP contribution in [0.15, 0.2) is 151 Å². The molecule has 0 aliphatic carbocycles. The van der Waals surface area contributed by atoms with Crippen LogP contribution in [-0.2, 0) is 30.6 Å². The van der Waals surface area contributed by atoms with Crippen molar-refractivity contribution < 1.29 is 22.4 Å². The van der Waals surface area contributed by atoms with E-state index in [4.69, 9.17) is 9.16 Å². The van der Waals surface area contributed by atoms with Crippen molar-refractivity contribution in [1.29, 1.82) is 0 Å². The van der Waals surface area contributed by atoms with Gasteiger partial charge < -0.3 is 9.16 Å². The summed E-state index contributed by atoms with van der Waals surface area (Å²) in [5, 5.41) is 2.73. The van der Waals surface area contributed by atoms with Crippen molar-refractivity contribution in [3.05, 3.63) is 175 Å². The summed E-state index contributed by atoms with van der Waals surface area (Å²) in [7, 11) is -6.94. The molecule has 5 aromatic carbocycles. The number of hydrogen-bond acceptors (Lipinski definition) is 5. The van der Waals surface area contributed by atoms with Gasteiger partial charge in [0.25, 0.3) is 18.3 Å². The van der Waals surface area contributed by atoms with E-state index in [1.54, 1.807) is 47.5 Å². The zero-order valence-electron chi connectivity index (χ0n) is 30.3. The number of aromatic nitrogens is 1. The van der Waals surface area contributed by atoms with E-state index in [2.05, 4.69) is 69.3 Å². The van der Waals surface area contributed by atoms with E-state index in [1.165, 1.54) is 16.8 Å². The molecule has 0 N–H and O–H groups in total. The third-order valence-corrected chi connectivity index (χ3v) is 16.6. The van der Waals surface area contributed by atoms with Crippen LogP contribution in [0.2, 0.25) is 5.04 Å². The van der Waals surface area contributed by atoms with Crippen LogP contribution >= 0.6 is 0 Å². The summed E-state index contributed by atoms with van der Waals surface area (Å²) in [5.41, 5.74) is 3.83. The first-order valence-corrected chi connectivity index (χ1v) is 21.1. The summed E-state index contributed by atoms with van der Waals surface area (Å²) in [6, 6.07) is 42.8. The maximum absolute atomic E-state index is 14.3. The molecule has 53 heavy (non-hydrogen) atoms. The lowest BCUT2D eigenvalue weighted by molar-refractivity contribution is -0.125. The van der Waals surface area contributed by atoms with Crippen molar-refractivity contribution in [2.75, 3.05) is 6.61 Å². The molecular weight excluding hydrogens is 697 g/mol. The minimum Gasteiger partial charge on any atom is -0.403 e. The van der Waals surface area contributed by atoms with Crippen molar-refractivity contribution in [3.63, 3.8) is 0 Å². The first-order chi connectivity index (χ1) is 25.5.